The molecule has 7 nitrogen and oxygen atoms in total. The fraction of sp³-hybridized carbons (Fsp3) is 0.889. The number of aliphatic hydroxyl groups excluding tert-OH is 2. The summed E-state index contributed by atoms with van der Waals surface area (Å²) in [6, 6.07) is 0. The Labute approximate surface area is 91.5 Å². The zero-order chi connectivity index (χ0) is 12.1. The van der Waals surface area contributed by atoms with E-state index in [0.29, 0.717) is 0 Å². The van der Waals surface area contributed by atoms with Gasteiger partial charge in [0.15, 0.2) is 18.2 Å². The van der Waals surface area contributed by atoms with Crippen LogP contribution >= 0.6 is 0 Å². The lowest BCUT2D eigenvalue weighted by Crippen LogP contribution is -2.44. The van der Waals surface area contributed by atoms with Gasteiger partial charge in [-0.05, 0) is 13.8 Å². The first-order valence-corrected chi connectivity index (χ1v) is 4.92. The molecule has 0 aromatic rings. The van der Waals surface area contributed by atoms with Gasteiger partial charge in [0.05, 0.1) is 0 Å². The number of ether oxygens (including phenoxy) is 3. The van der Waals surface area contributed by atoms with Crippen LogP contribution in [0.25, 0.3) is 0 Å². The topological polar surface area (TPSA) is 105 Å². The van der Waals surface area contributed by atoms with Crippen LogP contribution in [0.1, 0.15) is 13.8 Å². The highest BCUT2D eigenvalue weighted by atomic mass is 16.8. The highest BCUT2D eigenvalue weighted by Crippen LogP contribution is 2.38. The average molecular weight is 234 g/mol. The molecule has 0 saturated carbocycles. The van der Waals surface area contributed by atoms with E-state index in [2.05, 4.69) is 0 Å². The van der Waals surface area contributed by atoms with Gasteiger partial charge in [-0.15, -0.1) is 0 Å². The van der Waals surface area contributed by atoms with Crippen molar-refractivity contribution in [2.24, 2.45) is 0 Å². The van der Waals surface area contributed by atoms with Crippen LogP contribution < -0.4 is 0 Å². The number of carboxylic acids is 1. The van der Waals surface area contributed by atoms with Gasteiger partial charge in [0.2, 0.25) is 0 Å². The summed E-state index contributed by atoms with van der Waals surface area (Å²) in [7, 11) is 0. The molecule has 0 aliphatic carbocycles. The van der Waals surface area contributed by atoms with Gasteiger partial charge >= 0.3 is 5.97 Å². The second-order valence-corrected chi connectivity index (χ2v) is 4.34. The number of fused-ring (bicyclic) bond motifs is 1. The molecule has 0 amide bonds. The maximum Gasteiger partial charge on any atom is 0.335 e. The van der Waals surface area contributed by atoms with E-state index in [9.17, 15) is 15.0 Å². The largest absolute Gasteiger partial charge is 0.479 e. The van der Waals surface area contributed by atoms with Gasteiger partial charge in [0, 0.05) is 0 Å². The Hall–Kier alpha value is -0.730. The number of carbonyl (C=O) groups is 1. The van der Waals surface area contributed by atoms with Crippen LogP contribution in [0.2, 0.25) is 0 Å². The molecule has 5 atom stereocenters. The summed E-state index contributed by atoms with van der Waals surface area (Å²) >= 11 is 0. The fourth-order valence-corrected chi connectivity index (χ4v) is 1.92. The molecule has 2 saturated heterocycles. The monoisotopic (exact) mass is 234 g/mol. The van der Waals surface area contributed by atoms with Crippen molar-refractivity contribution < 1.29 is 34.3 Å². The summed E-state index contributed by atoms with van der Waals surface area (Å²) in [4.78, 5) is 10.6. The Morgan fingerprint density at radius 1 is 1.38 bits per heavy atom. The van der Waals surface area contributed by atoms with Crippen LogP contribution in [0.4, 0.5) is 0 Å². The number of hydrogen-bond acceptors (Lipinski definition) is 6. The standard InChI is InChI=1S/C9H14O7/c1-9(2)15-6-3(10)5(4(11)7(12)13)14-8(6)16-9/h3-6,8,10-11H,1-2H3,(H,12,13)/t3?,4-,5-,6?,8+/m0/s1. The smallest absolute Gasteiger partial charge is 0.335 e. The Morgan fingerprint density at radius 3 is 2.50 bits per heavy atom. The minimum absolute atomic E-state index is 0.769. The first kappa shape index (κ1) is 11.7. The lowest BCUT2D eigenvalue weighted by molar-refractivity contribution is -0.226. The van der Waals surface area contributed by atoms with E-state index in [4.69, 9.17) is 19.3 Å². The second-order valence-electron chi connectivity index (χ2n) is 4.34. The highest BCUT2D eigenvalue weighted by Gasteiger charge is 2.56. The summed E-state index contributed by atoms with van der Waals surface area (Å²) in [5.74, 6) is -2.33. The van der Waals surface area contributed by atoms with Crippen molar-refractivity contribution in [2.45, 2.75) is 50.3 Å². The Morgan fingerprint density at radius 2 is 2.00 bits per heavy atom. The zero-order valence-electron chi connectivity index (χ0n) is 8.86. The number of carboxylic acid groups (broad SMARTS) is 1. The number of aliphatic carboxylic acids is 1. The van der Waals surface area contributed by atoms with E-state index >= 15 is 0 Å². The number of rotatable bonds is 2. The zero-order valence-corrected chi connectivity index (χ0v) is 8.86. The van der Waals surface area contributed by atoms with Crippen LogP contribution in [0, 0.1) is 0 Å². The molecule has 16 heavy (non-hydrogen) atoms. The summed E-state index contributed by atoms with van der Waals surface area (Å²) in [5.41, 5.74) is 0. The van der Waals surface area contributed by atoms with Gasteiger partial charge in [-0.3, -0.25) is 0 Å². The van der Waals surface area contributed by atoms with Crippen molar-refractivity contribution >= 4 is 5.97 Å². The normalized spacial score (nSPS) is 43.0. The van der Waals surface area contributed by atoms with Crippen molar-refractivity contribution in [1.29, 1.82) is 0 Å². The van der Waals surface area contributed by atoms with E-state index in [1.807, 2.05) is 0 Å². The highest BCUT2D eigenvalue weighted by molar-refractivity contribution is 5.73. The van der Waals surface area contributed by atoms with Gasteiger partial charge in [-0.1, -0.05) is 0 Å². The third-order valence-corrected chi connectivity index (χ3v) is 2.62. The van der Waals surface area contributed by atoms with Crippen molar-refractivity contribution in [3.63, 3.8) is 0 Å². The van der Waals surface area contributed by atoms with Crippen molar-refractivity contribution in [3.8, 4) is 0 Å². The minimum Gasteiger partial charge on any atom is -0.479 e. The summed E-state index contributed by atoms with van der Waals surface area (Å²) in [6.07, 6.45) is -5.87. The van der Waals surface area contributed by atoms with Crippen molar-refractivity contribution in [2.75, 3.05) is 0 Å². The maximum atomic E-state index is 10.6. The fourth-order valence-electron chi connectivity index (χ4n) is 1.92. The summed E-state index contributed by atoms with van der Waals surface area (Å²) in [5, 5.41) is 27.6. The number of hydrogen-bond donors (Lipinski definition) is 3. The molecule has 2 heterocycles. The quantitative estimate of drug-likeness (QED) is 0.543. The Kier molecular flexibility index (Phi) is 2.67. The molecule has 2 fully saturated rings. The predicted molar refractivity (Wildman–Crippen MR) is 48.3 cm³/mol. The Balaban J connectivity index is 2.08. The van der Waals surface area contributed by atoms with E-state index in [1.165, 1.54) is 0 Å². The Bertz CT molecular complexity index is 302. The van der Waals surface area contributed by atoms with E-state index in [0.717, 1.165) is 0 Å². The van der Waals surface area contributed by atoms with Crippen molar-refractivity contribution in [1.82, 2.24) is 0 Å². The molecular weight excluding hydrogens is 220 g/mol. The van der Waals surface area contributed by atoms with Gasteiger partial charge in [-0.25, -0.2) is 4.79 Å². The van der Waals surface area contributed by atoms with E-state index in [-0.39, 0.29) is 0 Å². The summed E-state index contributed by atoms with van der Waals surface area (Å²) < 4.78 is 15.8. The second kappa shape index (κ2) is 3.64. The molecule has 2 unspecified atom stereocenters. The molecular formula is C9H14O7. The van der Waals surface area contributed by atoms with Crippen molar-refractivity contribution in [3.05, 3.63) is 0 Å². The van der Waals surface area contributed by atoms with Gasteiger partial charge in [-0.2, -0.15) is 0 Å². The number of aliphatic hydroxyl groups is 2. The van der Waals surface area contributed by atoms with Crippen LogP contribution in [-0.2, 0) is 19.0 Å². The van der Waals surface area contributed by atoms with Crippen LogP contribution in [0.15, 0.2) is 0 Å². The molecule has 92 valence electrons. The molecule has 0 aromatic heterocycles. The molecule has 3 N–H and O–H groups in total. The molecule has 2 aliphatic rings. The molecule has 2 aliphatic heterocycles. The molecule has 0 spiro atoms. The van der Waals surface area contributed by atoms with Gasteiger partial charge < -0.3 is 29.5 Å². The lowest BCUT2D eigenvalue weighted by atomic mass is 10.1. The minimum atomic E-state index is -1.80. The predicted octanol–water partition coefficient (Wildman–Crippen LogP) is -1.33. The lowest BCUT2D eigenvalue weighted by Gasteiger charge is -2.24. The molecule has 0 aromatic carbocycles. The molecule has 2 rings (SSSR count). The third-order valence-electron chi connectivity index (χ3n) is 2.62. The molecule has 0 bridgehead atoms. The van der Waals surface area contributed by atoms with E-state index in [1.54, 1.807) is 13.8 Å². The van der Waals surface area contributed by atoms with Crippen LogP contribution in [0.5, 0.6) is 0 Å². The first-order valence-electron chi connectivity index (χ1n) is 4.92. The van der Waals surface area contributed by atoms with Gasteiger partial charge in [0.25, 0.3) is 0 Å². The van der Waals surface area contributed by atoms with Crippen LogP contribution in [-0.4, -0.2) is 57.8 Å². The maximum absolute atomic E-state index is 10.6. The summed E-state index contributed by atoms with van der Waals surface area (Å²) in [6.45, 7) is 3.31. The third kappa shape index (κ3) is 1.80. The molecule has 0 radical (unpaired) electrons. The van der Waals surface area contributed by atoms with Crippen LogP contribution in [0.3, 0.4) is 0 Å². The average Bonchev–Trinajstić information content (AvgIpc) is 2.60. The molecule has 7 heteroatoms. The van der Waals surface area contributed by atoms with E-state index < -0.39 is 42.5 Å². The first-order chi connectivity index (χ1) is 7.32. The van der Waals surface area contributed by atoms with Gasteiger partial charge in [0.1, 0.15) is 18.3 Å². The SMILES string of the molecule is CC1(C)OC2C(O)[C@@H]([C@H](O)C(=O)O)O[C@@H]2O1.